The average Bonchev–Trinajstić information content (AvgIpc) is 3.00. The molecular weight excluding hydrogens is 340 g/mol. The van der Waals surface area contributed by atoms with E-state index < -0.39 is 0 Å². The molecule has 6 heteroatoms. The summed E-state index contributed by atoms with van der Waals surface area (Å²) >= 11 is 0. The number of aromatic nitrogens is 2. The first-order chi connectivity index (χ1) is 13.2. The van der Waals surface area contributed by atoms with Gasteiger partial charge >= 0.3 is 0 Å². The summed E-state index contributed by atoms with van der Waals surface area (Å²) < 4.78 is 0. The maximum absolute atomic E-state index is 12.9. The third kappa shape index (κ3) is 3.99. The van der Waals surface area contributed by atoms with Gasteiger partial charge in [0.2, 0.25) is 11.8 Å². The van der Waals surface area contributed by atoms with E-state index in [1.165, 1.54) is 0 Å². The molecule has 5 rings (SSSR count). The van der Waals surface area contributed by atoms with Gasteiger partial charge in [0.25, 0.3) is 0 Å². The minimum absolute atomic E-state index is 0.0858. The number of amides is 2. The summed E-state index contributed by atoms with van der Waals surface area (Å²) in [6, 6.07) is 9.74. The molecule has 6 nitrogen and oxygen atoms in total. The Morgan fingerprint density at radius 1 is 1.07 bits per heavy atom. The molecule has 0 spiro atoms. The van der Waals surface area contributed by atoms with Crippen LogP contribution in [-0.2, 0) is 22.6 Å². The van der Waals surface area contributed by atoms with Crippen molar-refractivity contribution in [3.05, 3.63) is 60.2 Å². The Morgan fingerprint density at radius 3 is 2.70 bits per heavy atom. The minimum atomic E-state index is -0.0858. The number of rotatable bonds is 5. The van der Waals surface area contributed by atoms with Crippen LogP contribution in [0.3, 0.4) is 0 Å². The zero-order valence-corrected chi connectivity index (χ0v) is 15.3. The highest BCUT2D eigenvalue weighted by atomic mass is 16.2. The Hall–Kier alpha value is -2.76. The van der Waals surface area contributed by atoms with Crippen molar-refractivity contribution in [2.75, 3.05) is 13.1 Å². The van der Waals surface area contributed by atoms with Crippen LogP contribution < -0.4 is 0 Å². The lowest BCUT2D eigenvalue weighted by atomic mass is 9.94. The molecule has 27 heavy (non-hydrogen) atoms. The third-order valence-corrected chi connectivity index (χ3v) is 5.58. The molecule has 2 atom stereocenters. The number of carbonyl (C=O) groups is 2. The van der Waals surface area contributed by atoms with Crippen LogP contribution in [0.2, 0.25) is 0 Å². The van der Waals surface area contributed by atoms with E-state index in [1.807, 2.05) is 40.1 Å². The zero-order chi connectivity index (χ0) is 18.6. The van der Waals surface area contributed by atoms with Gasteiger partial charge in [-0.3, -0.25) is 19.6 Å². The first kappa shape index (κ1) is 17.6. The summed E-state index contributed by atoms with van der Waals surface area (Å²) in [6.07, 6.45) is 8.26. The minimum Gasteiger partial charge on any atom is -0.340 e. The lowest BCUT2D eigenvalue weighted by Crippen LogP contribution is -2.47. The highest BCUT2D eigenvalue weighted by Gasteiger charge is 2.41. The van der Waals surface area contributed by atoms with Crippen molar-refractivity contribution < 1.29 is 9.59 Å². The Bertz CT molecular complexity index is 796. The SMILES string of the molecule is O=C(CCc1ccncc1)N1CC2CCC(C1)N(Cc1ccccn1)C2=O. The molecule has 5 heterocycles. The molecule has 3 saturated heterocycles. The molecule has 2 bridgehead atoms. The van der Waals surface area contributed by atoms with E-state index in [0.29, 0.717) is 32.5 Å². The second kappa shape index (κ2) is 7.86. The standard InChI is InChI=1S/C21H24N4O2/c26-20(7-4-16-8-11-22-12-9-16)24-13-17-5-6-19(15-24)25(21(17)27)14-18-3-1-2-10-23-18/h1-3,8-12,17,19H,4-7,13-15H2. The van der Waals surface area contributed by atoms with Gasteiger partial charge in [0.15, 0.2) is 0 Å². The maximum atomic E-state index is 12.9. The van der Waals surface area contributed by atoms with Crippen molar-refractivity contribution in [1.82, 2.24) is 19.8 Å². The molecular formula is C21H24N4O2. The smallest absolute Gasteiger partial charge is 0.228 e. The van der Waals surface area contributed by atoms with E-state index in [2.05, 4.69) is 9.97 Å². The molecule has 140 valence electrons. The van der Waals surface area contributed by atoms with E-state index in [9.17, 15) is 9.59 Å². The molecule has 0 N–H and O–H groups in total. The van der Waals surface area contributed by atoms with E-state index >= 15 is 0 Å². The molecule has 0 saturated carbocycles. The van der Waals surface area contributed by atoms with Gasteiger partial charge in [-0.05, 0) is 49.1 Å². The van der Waals surface area contributed by atoms with Crippen LogP contribution in [-0.4, -0.2) is 50.7 Å². The molecule has 0 aliphatic carbocycles. The fraction of sp³-hybridized carbons (Fsp3) is 0.429. The number of piperidine rings is 1. The van der Waals surface area contributed by atoms with Gasteiger partial charge in [-0.2, -0.15) is 0 Å². The molecule has 3 aliphatic rings. The Morgan fingerprint density at radius 2 is 1.93 bits per heavy atom. The van der Waals surface area contributed by atoms with Crippen LogP contribution in [0.25, 0.3) is 0 Å². The number of nitrogens with zero attached hydrogens (tertiary/aromatic N) is 4. The number of fused-ring (bicyclic) bond motifs is 4. The van der Waals surface area contributed by atoms with Gasteiger partial charge < -0.3 is 9.80 Å². The number of hydrogen-bond acceptors (Lipinski definition) is 4. The maximum Gasteiger partial charge on any atom is 0.228 e. The zero-order valence-electron chi connectivity index (χ0n) is 15.3. The number of hydrogen-bond donors (Lipinski definition) is 0. The number of carbonyl (C=O) groups excluding carboxylic acids is 2. The predicted molar refractivity (Wildman–Crippen MR) is 100 cm³/mol. The van der Waals surface area contributed by atoms with Gasteiger partial charge in [-0.15, -0.1) is 0 Å². The van der Waals surface area contributed by atoms with Gasteiger partial charge in [0.1, 0.15) is 0 Å². The summed E-state index contributed by atoms with van der Waals surface area (Å²) in [4.78, 5) is 37.9. The monoisotopic (exact) mass is 364 g/mol. The molecule has 2 amide bonds. The number of pyridine rings is 2. The Labute approximate surface area is 159 Å². The fourth-order valence-corrected chi connectivity index (χ4v) is 4.08. The number of aryl methyl sites for hydroxylation is 1. The van der Waals surface area contributed by atoms with Gasteiger partial charge in [0.05, 0.1) is 18.2 Å². The summed E-state index contributed by atoms with van der Waals surface area (Å²) in [5, 5.41) is 0. The summed E-state index contributed by atoms with van der Waals surface area (Å²) in [6.45, 7) is 1.70. The van der Waals surface area contributed by atoms with Crippen molar-refractivity contribution in [3.63, 3.8) is 0 Å². The largest absolute Gasteiger partial charge is 0.340 e. The van der Waals surface area contributed by atoms with E-state index in [-0.39, 0.29) is 23.8 Å². The van der Waals surface area contributed by atoms with Crippen molar-refractivity contribution in [2.45, 2.75) is 38.3 Å². The van der Waals surface area contributed by atoms with E-state index in [0.717, 1.165) is 24.1 Å². The molecule has 0 aromatic carbocycles. The third-order valence-electron chi connectivity index (χ3n) is 5.58. The van der Waals surface area contributed by atoms with Gasteiger partial charge in [-0.1, -0.05) is 6.07 Å². The molecule has 2 aromatic heterocycles. The van der Waals surface area contributed by atoms with Crippen molar-refractivity contribution in [1.29, 1.82) is 0 Å². The van der Waals surface area contributed by atoms with Gasteiger partial charge in [-0.25, -0.2) is 0 Å². The molecule has 3 fully saturated rings. The lowest BCUT2D eigenvalue weighted by Gasteiger charge is -2.35. The highest BCUT2D eigenvalue weighted by molar-refractivity contribution is 5.83. The summed E-state index contributed by atoms with van der Waals surface area (Å²) in [5.41, 5.74) is 2.01. The van der Waals surface area contributed by atoms with E-state index in [4.69, 9.17) is 0 Å². The average molecular weight is 364 g/mol. The first-order valence-electron chi connectivity index (χ1n) is 9.58. The fourth-order valence-electron chi connectivity index (χ4n) is 4.08. The molecule has 2 unspecified atom stereocenters. The van der Waals surface area contributed by atoms with Crippen LogP contribution in [0.4, 0.5) is 0 Å². The van der Waals surface area contributed by atoms with Crippen molar-refractivity contribution >= 4 is 11.8 Å². The van der Waals surface area contributed by atoms with Gasteiger partial charge in [0, 0.05) is 44.1 Å². The van der Waals surface area contributed by atoms with Crippen molar-refractivity contribution in [2.24, 2.45) is 5.92 Å². The van der Waals surface area contributed by atoms with Crippen molar-refractivity contribution in [3.8, 4) is 0 Å². The summed E-state index contributed by atoms with van der Waals surface area (Å²) in [5.74, 6) is 0.217. The molecule has 2 aromatic rings. The Balaban J connectivity index is 1.42. The van der Waals surface area contributed by atoms with Crippen LogP contribution in [0.5, 0.6) is 0 Å². The first-order valence-corrected chi connectivity index (χ1v) is 9.58. The molecule has 0 radical (unpaired) electrons. The second-order valence-corrected chi connectivity index (χ2v) is 7.37. The normalized spacial score (nSPS) is 22.0. The van der Waals surface area contributed by atoms with E-state index in [1.54, 1.807) is 18.6 Å². The topological polar surface area (TPSA) is 66.4 Å². The summed E-state index contributed by atoms with van der Waals surface area (Å²) in [7, 11) is 0. The highest BCUT2D eigenvalue weighted by Crippen LogP contribution is 2.30. The van der Waals surface area contributed by atoms with Crippen LogP contribution in [0.1, 0.15) is 30.5 Å². The predicted octanol–water partition coefficient (Wildman–Crippen LogP) is 2.06. The Kier molecular flexibility index (Phi) is 5.14. The van der Waals surface area contributed by atoms with Crippen LogP contribution in [0, 0.1) is 5.92 Å². The van der Waals surface area contributed by atoms with Crippen LogP contribution in [0.15, 0.2) is 48.9 Å². The van der Waals surface area contributed by atoms with Crippen LogP contribution >= 0.6 is 0 Å². The quantitative estimate of drug-likeness (QED) is 0.815. The molecule has 3 aliphatic heterocycles. The second-order valence-electron chi connectivity index (χ2n) is 7.37. The lowest BCUT2D eigenvalue weighted by molar-refractivity contribution is -0.140.